The van der Waals surface area contributed by atoms with Crippen LogP contribution >= 0.6 is 0 Å². The Morgan fingerprint density at radius 1 is 1.24 bits per heavy atom. The van der Waals surface area contributed by atoms with Gasteiger partial charge in [0.05, 0.1) is 7.11 Å². The monoisotopic (exact) mass is 305 g/mol. The van der Waals surface area contributed by atoms with Crippen LogP contribution in [0.15, 0.2) is 30.3 Å². The summed E-state index contributed by atoms with van der Waals surface area (Å²) in [5.41, 5.74) is -3.31. The minimum Gasteiger partial charge on any atom is -0.465 e. The number of carbonyl (C=O) groups excluding carboxylic acids is 2. The lowest BCUT2D eigenvalue weighted by Gasteiger charge is -2.28. The summed E-state index contributed by atoms with van der Waals surface area (Å²) < 4.78 is 42.0. The average Bonchev–Trinajstić information content (AvgIpc) is 2.44. The molecular formula is C13H14F3NO4. The zero-order valence-corrected chi connectivity index (χ0v) is 11.1. The first-order valence-corrected chi connectivity index (χ1v) is 5.93. The Balaban J connectivity index is 2.72. The summed E-state index contributed by atoms with van der Waals surface area (Å²) in [6.07, 6.45) is -5.54. The largest absolute Gasteiger partial charge is 0.465 e. The van der Waals surface area contributed by atoms with Crippen molar-refractivity contribution in [1.29, 1.82) is 0 Å². The lowest BCUT2D eigenvalue weighted by Crippen LogP contribution is -2.64. The van der Waals surface area contributed by atoms with E-state index in [0.717, 1.165) is 5.56 Å². The highest BCUT2D eigenvalue weighted by Gasteiger charge is 2.62. The molecule has 0 spiro atoms. The number of carbonyl (C=O) groups is 2. The number of amides is 1. The maximum Gasteiger partial charge on any atom is 0.448 e. The number of ether oxygens (including phenoxy) is 1. The van der Waals surface area contributed by atoms with Gasteiger partial charge in [-0.15, -0.1) is 0 Å². The lowest BCUT2D eigenvalue weighted by molar-refractivity contribution is -0.270. The van der Waals surface area contributed by atoms with Crippen LogP contribution in [0.5, 0.6) is 0 Å². The lowest BCUT2D eigenvalue weighted by atomic mass is 10.1. The van der Waals surface area contributed by atoms with E-state index < -0.39 is 23.8 Å². The summed E-state index contributed by atoms with van der Waals surface area (Å²) in [6, 6.07) is 8.58. The average molecular weight is 305 g/mol. The molecular weight excluding hydrogens is 291 g/mol. The summed E-state index contributed by atoms with van der Waals surface area (Å²) in [5, 5.41) is 10.6. The van der Waals surface area contributed by atoms with Gasteiger partial charge in [-0.05, 0) is 12.0 Å². The molecule has 0 heterocycles. The molecule has 1 unspecified atom stereocenters. The van der Waals surface area contributed by atoms with Gasteiger partial charge >= 0.3 is 17.9 Å². The van der Waals surface area contributed by atoms with Crippen molar-refractivity contribution in [2.75, 3.05) is 7.11 Å². The first-order valence-electron chi connectivity index (χ1n) is 5.93. The van der Waals surface area contributed by atoms with Gasteiger partial charge in [0.15, 0.2) is 0 Å². The number of aryl methyl sites for hydroxylation is 1. The van der Waals surface area contributed by atoms with Crippen molar-refractivity contribution in [3.63, 3.8) is 0 Å². The van der Waals surface area contributed by atoms with Crippen molar-refractivity contribution in [1.82, 2.24) is 5.32 Å². The molecule has 1 aromatic rings. The van der Waals surface area contributed by atoms with E-state index in [1.54, 1.807) is 30.3 Å². The summed E-state index contributed by atoms with van der Waals surface area (Å²) in [5.74, 6) is -3.12. The van der Waals surface area contributed by atoms with Gasteiger partial charge in [0, 0.05) is 6.42 Å². The second-order valence-corrected chi connectivity index (χ2v) is 4.23. The van der Waals surface area contributed by atoms with Crippen molar-refractivity contribution in [3.8, 4) is 0 Å². The molecule has 0 saturated carbocycles. The van der Waals surface area contributed by atoms with Gasteiger partial charge < -0.3 is 15.2 Å². The Morgan fingerprint density at radius 3 is 2.29 bits per heavy atom. The molecule has 1 aromatic carbocycles. The highest BCUT2D eigenvalue weighted by Crippen LogP contribution is 2.29. The van der Waals surface area contributed by atoms with Gasteiger partial charge in [-0.2, -0.15) is 13.2 Å². The van der Waals surface area contributed by atoms with E-state index >= 15 is 0 Å². The van der Waals surface area contributed by atoms with Crippen LogP contribution in [0.3, 0.4) is 0 Å². The smallest absolute Gasteiger partial charge is 0.448 e. The van der Waals surface area contributed by atoms with E-state index in [9.17, 15) is 27.9 Å². The quantitative estimate of drug-likeness (QED) is 0.632. The first kappa shape index (κ1) is 17.0. The molecule has 0 saturated heterocycles. The third kappa shape index (κ3) is 4.19. The topological polar surface area (TPSA) is 75.6 Å². The van der Waals surface area contributed by atoms with Gasteiger partial charge in [-0.3, -0.25) is 4.79 Å². The normalized spacial score (nSPS) is 14.1. The molecule has 0 aliphatic heterocycles. The number of nitrogens with one attached hydrogen (secondary N) is 1. The van der Waals surface area contributed by atoms with E-state index in [4.69, 9.17) is 0 Å². The summed E-state index contributed by atoms with van der Waals surface area (Å²) in [4.78, 5) is 22.6. The van der Waals surface area contributed by atoms with Gasteiger partial charge in [0.1, 0.15) is 0 Å². The number of benzene rings is 1. The van der Waals surface area contributed by atoms with Crippen LogP contribution in [0.4, 0.5) is 13.2 Å². The van der Waals surface area contributed by atoms with Gasteiger partial charge in [-0.25, -0.2) is 4.79 Å². The number of esters is 1. The fourth-order valence-electron chi connectivity index (χ4n) is 1.55. The van der Waals surface area contributed by atoms with E-state index in [-0.39, 0.29) is 12.8 Å². The highest BCUT2D eigenvalue weighted by atomic mass is 19.4. The third-order valence-electron chi connectivity index (χ3n) is 2.69. The van der Waals surface area contributed by atoms with Crippen LogP contribution in [0.1, 0.15) is 12.0 Å². The molecule has 0 aromatic heterocycles. The molecule has 0 aliphatic rings. The minimum absolute atomic E-state index is 0.168. The molecule has 116 valence electrons. The molecule has 0 radical (unpaired) electrons. The number of rotatable bonds is 5. The standard InChI is InChI=1S/C13H14F3NO4/c1-21-11(19)12(20,13(14,15)16)17-10(18)8-7-9-5-3-2-4-6-9/h2-6,20H,7-8H2,1H3,(H,17,18). The molecule has 2 N–H and O–H groups in total. The van der Waals surface area contributed by atoms with Crippen LogP contribution in [0.2, 0.25) is 0 Å². The fourth-order valence-corrected chi connectivity index (χ4v) is 1.55. The van der Waals surface area contributed by atoms with Crippen molar-refractivity contribution < 1.29 is 32.6 Å². The second kappa shape index (κ2) is 6.57. The SMILES string of the molecule is COC(=O)C(O)(NC(=O)CCc1ccccc1)C(F)(F)F. The molecule has 5 nitrogen and oxygen atoms in total. The second-order valence-electron chi connectivity index (χ2n) is 4.23. The summed E-state index contributed by atoms with van der Waals surface area (Å²) >= 11 is 0. The summed E-state index contributed by atoms with van der Waals surface area (Å²) in [7, 11) is 0.676. The number of hydrogen-bond acceptors (Lipinski definition) is 4. The number of aliphatic hydroxyl groups is 1. The molecule has 1 rings (SSSR count). The fraction of sp³-hybridized carbons (Fsp3) is 0.385. The maximum absolute atomic E-state index is 12.7. The summed E-state index contributed by atoms with van der Waals surface area (Å²) in [6.45, 7) is 0. The van der Waals surface area contributed by atoms with Crippen LogP contribution in [-0.2, 0) is 20.7 Å². The molecule has 0 aliphatic carbocycles. The molecule has 8 heteroatoms. The number of methoxy groups -OCH3 is 1. The Kier molecular flexibility index (Phi) is 5.31. The molecule has 0 fully saturated rings. The molecule has 0 bridgehead atoms. The number of hydrogen-bond donors (Lipinski definition) is 2. The predicted molar refractivity (Wildman–Crippen MR) is 65.9 cm³/mol. The molecule has 1 atom stereocenters. The maximum atomic E-state index is 12.7. The Bertz CT molecular complexity index is 504. The van der Waals surface area contributed by atoms with Crippen molar-refractivity contribution in [2.45, 2.75) is 24.7 Å². The van der Waals surface area contributed by atoms with Gasteiger partial charge in [-0.1, -0.05) is 30.3 Å². The third-order valence-corrected chi connectivity index (χ3v) is 2.69. The highest BCUT2D eigenvalue weighted by molar-refractivity contribution is 5.87. The van der Waals surface area contributed by atoms with E-state index in [0.29, 0.717) is 7.11 Å². The van der Waals surface area contributed by atoms with E-state index in [1.807, 2.05) is 0 Å². The zero-order valence-electron chi connectivity index (χ0n) is 11.1. The first-order chi connectivity index (χ1) is 9.70. The van der Waals surface area contributed by atoms with Crippen LogP contribution < -0.4 is 5.32 Å². The van der Waals surface area contributed by atoms with Crippen molar-refractivity contribution >= 4 is 11.9 Å². The van der Waals surface area contributed by atoms with E-state index in [1.165, 1.54) is 5.32 Å². The van der Waals surface area contributed by atoms with Crippen LogP contribution in [0, 0.1) is 0 Å². The minimum atomic E-state index is -5.39. The Labute approximate surface area is 118 Å². The van der Waals surface area contributed by atoms with Crippen LogP contribution in [-0.4, -0.2) is 36.0 Å². The van der Waals surface area contributed by atoms with Crippen molar-refractivity contribution in [2.24, 2.45) is 0 Å². The predicted octanol–water partition coefficient (Wildman–Crippen LogP) is 1.16. The van der Waals surface area contributed by atoms with E-state index in [2.05, 4.69) is 4.74 Å². The number of alkyl halides is 3. The number of halogens is 3. The van der Waals surface area contributed by atoms with Crippen molar-refractivity contribution in [3.05, 3.63) is 35.9 Å². The molecule has 1 amide bonds. The zero-order chi connectivity index (χ0) is 16.1. The molecule has 21 heavy (non-hydrogen) atoms. The Hall–Kier alpha value is -2.09. The Morgan fingerprint density at radius 2 is 1.81 bits per heavy atom. The van der Waals surface area contributed by atoms with Crippen LogP contribution in [0.25, 0.3) is 0 Å². The van der Waals surface area contributed by atoms with Gasteiger partial charge in [0.2, 0.25) is 5.91 Å². The van der Waals surface area contributed by atoms with Gasteiger partial charge in [0.25, 0.3) is 0 Å².